The quantitative estimate of drug-likeness (QED) is 0.429. The third-order valence-electron chi connectivity index (χ3n) is 4.70. The highest BCUT2D eigenvalue weighted by Crippen LogP contribution is 2.48. The van der Waals surface area contributed by atoms with Crippen LogP contribution in [0.4, 0.5) is 27.6 Å². The fourth-order valence-electron chi connectivity index (χ4n) is 3.19. The Bertz CT molecular complexity index is 907. The van der Waals surface area contributed by atoms with Crippen molar-refractivity contribution >= 4 is 44.7 Å². The fraction of sp³-hybridized carbons (Fsp3) is 0.333. The molecule has 1 unspecified atom stereocenters. The third kappa shape index (κ3) is 4.02. The monoisotopic (exact) mass is 495 g/mol. The number of dihydropyridines is 1. The summed E-state index contributed by atoms with van der Waals surface area (Å²) >= 11 is 8.03. The molecule has 1 amide bonds. The van der Waals surface area contributed by atoms with Crippen LogP contribution in [0, 0.1) is 5.82 Å². The molecule has 0 aromatic heterocycles. The summed E-state index contributed by atoms with van der Waals surface area (Å²) in [6.07, 6.45) is -0.230. The Kier molecular flexibility index (Phi) is 6.00. The van der Waals surface area contributed by atoms with Crippen molar-refractivity contribution in [3.8, 4) is 0 Å². The number of allylic oxidation sites excluding steroid dienone is 2. The zero-order valence-electron chi connectivity index (χ0n) is 14.6. The van der Waals surface area contributed by atoms with Crippen LogP contribution < -0.4 is 16.0 Å². The molecule has 1 aromatic carbocycles. The lowest BCUT2D eigenvalue weighted by Gasteiger charge is -2.45. The third-order valence-corrected chi connectivity index (χ3v) is 5.50. The van der Waals surface area contributed by atoms with E-state index in [0.717, 1.165) is 18.2 Å². The summed E-state index contributed by atoms with van der Waals surface area (Å²) in [4.78, 5) is 12.1. The molecule has 0 bridgehead atoms. The molecule has 2 heterocycles. The Labute approximate surface area is 176 Å². The van der Waals surface area contributed by atoms with Gasteiger partial charge in [-0.25, -0.2) is 22.0 Å². The van der Waals surface area contributed by atoms with Crippen molar-refractivity contribution in [1.82, 2.24) is 10.6 Å². The minimum Gasteiger partial charge on any atom is -0.376 e. The van der Waals surface area contributed by atoms with E-state index in [2.05, 4.69) is 26.6 Å². The molecular formula is C18H15BrF5N3OS. The summed E-state index contributed by atoms with van der Waals surface area (Å²) in [6, 6.07) is 1.86. The van der Waals surface area contributed by atoms with E-state index in [9.17, 15) is 26.7 Å². The number of anilines is 1. The first-order chi connectivity index (χ1) is 13.6. The molecule has 2 atom stereocenters. The van der Waals surface area contributed by atoms with Crippen molar-refractivity contribution < 1.29 is 26.7 Å². The first-order valence-corrected chi connectivity index (χ1v) is 9.65. The van der Waals surface area contributed by atoms with E-state index in [1.807, 2.05) is 5.32 Å². The predicted octanol–water partition coefficient (Wildman–Crippen LogP) is 4.34. The van der Waals surface area contributed by atoms with Gasteiger partial charge in [-0.05, 0) is 40.2 Å². The van der Waals surface area contributed by atoms with E-state index in [1.54, 1.807) is 6.08 Å². The van der Waals surface area contributed by atoms with Gasteiger partial charge in [0.2, 0.25) is 0 Å². The van der Waals surface area contributed by atoms with Crippen LogP contribution >= 0.6 is 28.1 Å². The first kappa shape index (κ1) is 21.7. The molecule has 0 saturated carbocycles. The van der Waals surface area contributed by atoms with Crippen molar-refractivity contribution in [2.24, 2.45) is 0 Å². The van der Waals surface area contributed by atoms with Crippen molar-refractivity contribution in [2.75, 3.05) is 5.32 Å². The number of benzene rings is 1. The van der Waals surface area contributed by atoms with Gasteiger partial charge in [-0.2, -0.15) is 0 Å². The van der Waals surface area contributed by atoms with Gasteiger partial charge in [-0.3, -0.25) is 4.79 Å². The van der Waals surface area contributed by atoms with Gasteiger partial charge in [0.25, 0.3) is 18.3 Å². The predicted molar refractivity (Wildman–Crippen MR) is 106 cm³/mol. The summed E-state index contributed by atoms with van der Waals surface area (Å²) in [5, 5.41) is 7.15. The Morgan fingerprint density at radius 3 is 2.69 bits per heavy atom. The van der Waals surface area contributed by atoms with Crippen LogP contribution in [0.1, 0.15) is 18.4 Å². The van der Waals surface area contributed by atoms with Gasteiger partial charge in [0, 0.05) is 34.8 Å². The molecule has 11 heteroatoms. The van der Waals surface area contributed by atoms with Gasteiger partial charge in [0.1, 0.15) is 11.9 Å². The van der Waals surface area contributed by atoms with Gasteiger partial charge in [0.05, 0.1) is 4.99 Å². The highest BCUT2D eigenvalue weighted by Gasteiger charge is 2.64. The van der Waals surface area contributed by atoms with Crippen molar-refractivity contribution in [3.63, 3.8) is 0 Å². The summed E-state index contributed by atoms with van der Waals surface area (Å²) in [6.45, 7) is 0. The molecule has 2 aliphatic heterocycles. The minimum absolute atomic E-state index is 0.107. The SMILES string of the molecule is O=C(Nc1ccc(F)c([C@@]2(C(F)F)NC(=S)CCC2(F)F)c1)C1C=CC(Br)=CN1. The average Bonchev–Trinajstić information content (AvgIpc) is 2.65. The Morgan fingerprint density at radius 2 is 2.07 bits per heavy atom. The zero-order valence-corrected chi connectivity index (χ0v) is 17.0. The summed E-state index contributed by atoms with van der Waals surface area (Å²) in [7, 11) is 0. The Balaban J connectivity index is 1.96. The van der Waals surface area contributed by atoms with Crippen LogP contribution in [-0.2, 0) is 10.3 Å². The van der Waals surface area contributed by atoms with Gasteiger partial charge in [-0.1, -0.05) is 18.3 Å². The van der Waals surface area contributed by atoms with Crippen LogP contribution in [0.15, 0.2) is 41.0 Å². The maximum Gasteiger partial charge on any atom is 0.280 e. The molecule has 29 heavy (non-hydrogen) atoms. The van der Waals surface area contributed by atoms with Crippen LogP contribution in [0.5, 0.6) is 0 Å². The average molecular weight is 496 g/mol. The zero-order chi connectivity index (χ0) is 21.4. The second kappa shape index (κ2) is 8.02. The number of hydrogen-bond donors (Lipinski definition) is 3. The van der Waals surface area contributed by atoms with Gasteiger partial charge in [0.15, 0.2) is 5.54 Å². The smallest absolute Gasteiger partial charge is 0.280 e. The number of piperidine rings is 1. The maximum atomic E-state index is 14.6. The number of hydrogen-bond acceptors (Lipinski definition) is 3. The number of halogens is 6. The van der Waals surface area contributed by atoms with E-state index in [1.165, 1.54) is 12.3 Å². The van der Waals surface area contributed by atoms with Crippen molar-refractivity contribution in [2.45, 2.75) is 36.8 Å². The fourth-order valence-corrected chi connectivity index (χ4v) is 3.73. The van der Waals surface area contributed by atoms with Crippen molar-refractivity contribution in [3.05, 3.63) is 52.4 Å². The molecule has 4 nitrogen and oxygen atoms in total. The molecular weight excluding hydrogens is 481 g/mol. The van der Waals surface area contributed by atoms with Crippen molar-refractivity contribution in [1.29, 1.82) is 0 Å². The standard InChI is InChI=1S/C18H15BrF5N3OS/c19-9-1-4-13(25-8-9)15(28)26-10-2-3-12(20)11(7-10)18(16(21)22)17(23,24)6-5-14(29)27-18/h1-4,7-8,13,16,25H,5-6H2,(H,26,28)(H,27,29)/t13?,18-/m0/s1. The number of nitrogens with one attached hydrogen (secondary N) is 3. The molecule has 0 radical (unpaired) electrons. The number of amides is 1. The van der Waals surface area contributed by atoms with E-state index in [0.29, 0.717) is 4.48 Å². The first-order valence-electron chi connectivity index (χ1n) is 8.44. The molecule has 0 aliphatic carbocycles. The molecule has 3 rings (SSSR count). The van der Waals surface area contributed by atoms with Gasteiger partial charge < -0.3 is 16.0 Å². The number of thiocarbonyl (C=S) groups is 1. The highest BCUT2D eigenvalue weighted by molar-refractivity contribution is 9.11. The summed E-state index contributed by atoms with van der Waals surface area (Å²) in [5.74, 6) is -5.82. The lowest BCUT2D eigenvalue weighted by molar-refractivity contribution is -0.158. The topological polar surface area (TPSA) is 53.2 Å². The lowest BCUT2D eigenvalue weighted by atomic mass is 9.78. The number of alkyl halides is 4. The van der Waals surface area contributed by atoms with Crippen LogP contribution in [0.3, 0.4) is 0 Å². The van der Waals surface area contributed by atoms with Crippen LogP contribution in [-0.4, -0.2) is 29.3 Å². The van der Waals surface area contributed by atoms with Gasteiger partial charge in [-0.15, -0.1) is 0 Å². The number of carbonyl (C=O) groups is 1. The second-order valence-corrected chi connectivity index (χ2v) is 7.99. The summed E-state index contributed by atoms with van der Waals surface area (Å²) in [5.41, 5.74) is -4.40. The van der Waals surface area contributed by atoms with E-state index >= 15 is 0 Å². The normalized spacial score (nSPS) is 25.8. The summed E-state index contributed by atoms with van der Waals surface area (Å²) < 4.78 is 72.4. The minimum atomic E-state index is -3.97. The Morgan fingerprint density at radius 1 is 1.34 bits per heavy atom. The molecule has 156 valence electrons. The largest absolute Gasteiger partial charge is 0.376 e. The maximum absolute atomic E-state index is 14.6. The Hall–Kier alpha value is -2.01. The van der Waals surface area contributed by atoms with E-state index in [-0.39, 0.29) is 17.1 Å². The molecule has 0 spiro atoms. The van der Waals surface area contributed by atoms with Gasteiger partial charge >= 0.3 is 0 Å². The second-order valence-electron chi connectivity index (χ2n) is 6.58. The number of carbonyl (C=O) groups excluding carboxylic acids is 1. The lowest BCUT2D eigenvalue weighted by Crippen LogP contribution is -2.65. The van der Waals surface area contributed by atoms with E-state index < -0.39 is 47.6 Å². The highest BCUT2D eigenvalue weighted by atomic mass is 79.9. The van der Waals surface area contributed by atoms with Crippen LogP contribution in [0.25, 0.3) is 0 Å². The molecule has 2 aliphatic rings. The van der Waals surface area contributed by atoms with Crippen LogP contribution in [0.2, 0.25) is 0 Å². The molecule has 1 saturated heterocycles. The number of rotatable bonds is 4. The molecule has 1 fully saturated rings. The molecule has 3 N–H and O–H groups in total. The molecule has 1 aromatic rings. The van der Waals surface area contributed by atoms with E-state index in [4.69, 9.17) is 12.2 Å².